The highest BCUT2D eigenvalue weighted by Gasteiger charge is 2.38. The zero-order valence-corrected chi connectivity index (χ0v) is 7.83. The molecule has 0 aliphatic carbocycles. The summed E-state index contributed by atoms with van der Waals surface area (Å²) in [5, 5.41) is 0. The van der Waals surface area contributed by atoms with Gasteiger partial charge in [0.2, 0.25) is 19.2 Å². The summed E-state index contributed by atoms with van der Waals surface area (Å²) in [5.41, 5.74) is 0. The third-order valence-corrected chi connectivity index (χ3v) is 2.40. The van der Waals surface area contributed by atoms with E-state index in [1.807, 2.05) is 20.7 Å². The molecule has 0 aromatic carbocycles. The standard InChI is InChI=1S/C8H14BNO2/c1-5(2)6-4-7(11)10(9-3)8(6)12/h5-6,9H,4H2,1-3H3. The van der Waals surface area contributed by atoms with Crippen LogP contribution in [-0.4, -0.2) is 24.0 Å². The molecule has 2 amide bonds. The van der Waals surface area contributed by atoms with E-state index in [1.165, 1.54) is 4.81 Å². The first kappa shape index (κ1) is 9.29. The normalized spacial score (nSPS) is 24.0. The van der Waals surface area contributed by atoms with Gasteiger partial charge in [0.1, 0.15) is 0 Å². The maximum Gasteiger partial charge on any atom is 0.246 e. The molecule has 1 fully saturated rings. The predicted molar refractivity (Wildman–Crippen MR) is 47.8 cm³/mol. The molecule has 1 saturated heterocycles. The summed E-state index contributed by atoms with van der Waals surface area (Å²) in [7, 11) is 0.515. The van der Waals surface area contributed by atoms with E-state index in [-0.39, 0.29) is 23.7 Å². The maximum absolute atomic E-state index is 11.5. The molecule has 1 unspecified atom stereocenters. The maximum atomic E-state index is 11.5. The number of hydrogen-bond acceptors (Lipinski definition) is 2. The SMILES string of the molecule is CBN1C(=O)CC(C(C)C)C1=O. The third kappa shape index (κ3) is 1.38. The van der Waals surface area contributed by atoms with Gasteiger partial charge < -0.3 is 4.81 Å². The van der Waals surface area contributed by atoms with Gasteiger partial charge in [-0.2, -0.15) is 0 Å². The van der Waals surface area contributed by atoms with Crippen LogP contribution in [0, 0.1) is 11.8 Å². The Labute approximate surface area is 73.4 Å². The minimum Gasteiger partial charge on any atom is -0.333 e. The first-order valence-electron chi connectivity index (χ1n) is 4.42. The first-order valence-corrected chi connectivity index (χ1v) is 4.42. The summed E-state index contributed by atoms with van der Waals surface area (Å²) in [5.74, 6) is 0.203. The van der Waals surface area contributed by atoms with Crippen LogP contribution < -0.4 is 0 Å². The van der Waals surface area contributed by atoms with E-state index in [4.69, 9.17) is 0 Å². The van der Waals surface area contributed by atoms with Gasteiger partial charge in [-0.25, -0.2) is 0 Å². The van der Waals surface area contributed by atoms with Gasteiger partial charge in [-0.1, -0.05) is 20.7 Å². The summed E-state index contributed by atoms with van der Waals surface area (Å²) in [6.45, 7) is 5.79. The van der Waals surface area contributed by atoms with Crippen molar-refractivity contribution < 1.29 is 9.59 Å². The Hall–Kier alpha value is -0.795. The van der Waals surface area contributed by atoms with Gasteiger partial charge in [0, 0.05) is 12.3 Å². The van der Waals surface area contributed by atoms with E-state index in [0.29, 0.717) is 13.8 Å². The second-order valence-corrected chi connectivity index (χ2v) is 3.53. The zero-order chi connectivity index (χ0) is 9.30. The van der Waals surface area contributed by atoms with Crippen LogP contribution in [0.4, 0.5) is 0 Å². The number of amides is 2. The quantitative estimate of drug-likeness (QED) is 0.441. The molecule has 0 saturated carbocycles. The second-order valence-electron chi connectivity index (χ2n) is 3.53. The Morgan fingerprint density at radius 2 is 2.08 bits per heavy atom. The van der Waals surface area contributed by atoms with Crippen molar-refractivity contribution in [2.75, 3.05) is 0 Å². The minimum absolute atomic E-state index is 0.0116. The highest BCUT2D eigenvalue weighted by atomic mass is 16.2. The average Bonchev–Trinajstić information content (AvgIpc) is 2.27. The largest absolute Gasteiger partial charge is 0.333 e. The predicted octanol–water partition coefficient (Wildman–Crippen LogP) is 0.417. The molecule has 1 atom stereocenters. The van der Waals surface area contributed by atoms with Gasteiger partial charge in [0.25, 0.3) is 0 Å². The summed E-state index contributed by atoms with van der Waals surface area (Å²) in [6, 6.07) is 0. The summed E-state index contributed by atoms with van der Waals surface area (Å²) >= 11 is 0. The second kappa shape index (κ2) is 3.29. The summed E-state index contributed by atoms with van der Waals surface area (Å²) in [6.07, 6.45) is 0.407. The van der Waals surface area contributed by atoms with Crippen molar-refractivity contribution in [3.8, 4) is 0 Å². The Morgan fingerprint density at radius 1 is 1.50 bits per heavy atom. The third-order valence-electron chi connectivity index (χ3n) is 2.40. The average molecular weight is 167 g/mol. The van der Waals surface area contributed by atoms with Gasteiger partial charge in [0.15, 0.2) is 0 Å². The molecule has 4 heteroatoms. The molecule has 0 bridgehead atoms. The fourth-order valence-electron chi connectivity index (χ4n) is 1.56. The van der Waals surface area contributed by atoms with Crippen molar-refractivity contribution in [2.24, 2.45) is 11.8 Å². The minimum atomic E-state index is -0.0718. The molecular weight excluding hydrogens is 153 g/mol. The lowest BCUT2D eigenvalue weighted by atomic mass is 9.93. The van der Waals surface area contributed by atoms with Crippen molar-refractivity contribution in [3.05, 3.63) is 0 Å². The van der Waals surface area contributed by atoms with Gasteiger partial charge >= 0.3 is 0 Å². The smallest absolute Gasteiger partial charge is 0.246 e. The molecule has 1 rings (SSSR count). The zero-order valence-electron chi connectivity index (χ0n) is 7.83. The number of imide groups is 1. The van der Waals surface area contributed by atoms with Crippen molar-refractivity contribution in [3.63, 3.8) is 0 Å². The summed E-state index contributed by atoms with van der Waals surface area (Å²) < 4.78 is 0. The van der Waals surface area contributed by atoms with Crippen LogP contribution in [0.5, 0.6) is 0 Å². The van der Waals surface area contributed by atoms with Crippen molar-refractivity contribution in [1.82, 2.24) is 4.81 Å². The molecule has 1 aliphatic rings. The number of nitrogens with zero attached hydrogens (tertiary/aromatic N) is 1. The number of rotatable bonds is 2. The van der Waals surface area contributed by atoms with E-state index in [1.54, 1.807) is 0 Å². The van der Waals surface area contributed by atoms with Crippen LogP contribution >= 0.6 is 0 Å². The molecule has 3 nitrogen and oxygen atoms in total. The van der Waals surface area contributed by atoms with Crippen LogP contribution in [0.25, 0.3) is 0 Å². The fourth-order valence-corrected chi connectivity index (χ4v) is 1.56. The Kier molecular flexibility index (Phi) is 2.55. The molecule has 1 heterocycles. The molecular formula is C8H14BNO2. The van der Waals surface area contributed by atoms with Crippen LogP contribution in [0.3, 0.4) is 0 Å². The molecule has 0 radical (unpaired) electrons. The van der Waals surface area contributed by atoms with Crippen LogP contribution in [0.2, 0.25) is 6.82 Å². The Morgan fingerprint density at radius 3 is 2.33 bits per heavy atom. The molecule has 1 aliphatic heterocycles. The fraction of sp³-hybridized carbons (Fsp3) is 0.750. The van der Waals surface area contributed by atoms with Gasteiger partial charge in [-0.15, -0.1) is 0 Å². The van der Waals surface area contributed by atoms with Crippen LogP contribution in [-0.2, 0) is 9.59 Å². The topological polar surface area (TPSA) is 37.4 Å². The highest BCUT2D eigenvalue weighted by Crippen LogP contribution is 2.25. The lowest BCUT2D eigenvalue weighted by Crippen LogP contribution is -2.33. The lowest BCUT2D eigenvalue weighted by molar-refractivity contribution is -0.134. The van der Waals surface area contributed by atoms with E-state index < -0.39 is 0 Å². The molecule has 66 valence electrons. The van der Waals surface area contributed by atoms with E-state index in [9.17, 15) is 9.59 Å². The van der Waals surface area contributed by atoms with Crippen molar-refractivity contribution in [1.29, 1.82) is 0 Å². The monoisotopic (exact) mass is 167 g/mol. The van der Waals surface area contributed by atoms with Crippen LogP contribution in [0.15, 0.2) is 0 Å². The molecule has 0 spiro atoms. The molecule has 0 aromatic rings. The lowest BCUT2D eigenvalue weighted by Gasteiger charge is -2.13. The van der Waals surface area contributed by atoms with Crippen molar-refractivity contribution in [2.45, 2.75) is 27.1 Å². The number of hydrogen-bond donors (Lipinski definition) is 0. The number of carbonyl (C=O) groups is 2. The van der Waals surface area contributed by atoms with Gasteiger partial charge in [0.05, 0.1) is 0 Å². The van der Waals surface area contributed by atoms with E-state index in [0.717, 1.165) is 0 Å². The van der Waals surface area contributed by atoms with E-state index in [2.05, 4.69) is 0 Å². The van der Waals surface area contributed by atoms with Gasteiger partial charge in [-0.05, 0) is 5.92 Å². The molecule has 0 N–H and O–H groups in total. The molecule has 0 aromatic heterocycles. The molecule has 12 heavy (non-hydrogen) atoms. The number of carbonyl (C=O) groups excluding carboxylic acids is 2. The Bertz CT molecular complexity index is 215. The van der Waals surface area contributed by atoms with Gasteiger partial charge in [-0.3, -0.25) is 9.59 Å². The van der Waals surface area contributed by atoms with Crippen molar-refractivity contribution >= 4 is 19.2 Å². The Balaban J connectivity index is 2.75. The van der Waals surface area contributed by atoms with Crippen LogP contribution in [0.1, 0.15) is 20.3 Å². The van der Waals surface area contributed by atoms with E-state index >= 15 is 0 Å². The summed E-state index contributed by atoms with van der Waals surface area (Å²) in [4.78, 5) is 24.1. The first-order chi connectivity index (χ1) is 5.57. The highest BCUT2D eigenvalue weighted by molar-refractivity contribution is 6.42.